The molecule has 0 spiro atoms. The van der Waals surface area contributed by atoms with Crippen LogP contribution in [0.3, 0.4) is 0 Å². The summed E-state index contributed by atoms with van der Waals surface area (Å²) < 4.78 is 13.7. The lowest BCUT2D eigenvalue weighted by Crippen LogP contribution is -2.30. The molecule has 1 heterocycles. The molecule has 1 aromatic carbocycles. The Hall–Kier alpha value is -1.03. The Balaban J connectivity index is 2.26. The van der Waals surface area contributed by atoms with Crippen molar-refractivity contribution in [3.8, 4) is 0 Å². The van der Waals surface area contributed by atoms with Gasteiger partial charge < -0.3 is 4.90 Å². The first kappa shape index (κ1) is 12.4. The number of thioether (sulfide) groups is 1. The van der Waals surface area contributed by atoms with Crippen molar-refractivity contribution in [2.45, 2.75) is 30.6 Å². The number of halogens is 1. The van der Waals surface area contributed by atoms with Crippen molar-refractivity contribution in [3.05, 3.63) is 24.0 Å². The maximum atomic E-state index is 13.7. The summed E-state index contributed by atoms with van der Waals surface area (Å²) >= 11 is 1.38. The van der Waals surface area contributed by atoms with E-state index in [1.807, 2.05) is 12.3 Å². The van der Waals surface area contributed by atoms with E-state index in [-0.39, 0.29) is 11.7 Å². The van der Waals surface area contributed by atoms with Gasteiger partial charge in [0.2, 0.25) is 5.91 Å². The van der Waals surface area contributed by atoms with Crippen LogP contribution in [0.15, 0.2) is 23.1 Å². The summed E-state index contributed by atoms with van der Waals surface area (Å²) in [4.78, 5) is 14.2. The zero-order valence-corrected chi connectivity index (χ0v) is 10.7. The molecule has 2 rings (SSSR count). The van der Waals surface area contributed by atoms with Gasteiger partial charge in [0.05, 0.1) is 0 Å². The lowest BCUT2D eigenvalue weighted by atomic mass is 10.2. The Bertz CT molecular complexity index is 422. The van der Waals surface area contributed by atoms with Gasteiger partial charge in [-0.1, -0.05) is 6.42 Å². The number of rotatable bonds is 2. The second-order valence-electron chi connectivity index (χ2n) is 4.17. The van der Waals surface area contributed by atoms with Crippen molar-refractivity contribution in [3.63, 3.8) is 0 Å². The molecule has 1 aliphatic rings. The second-order valence-corrected chi connectivity index (χ2v) is 5.02. The zero-order valence-electron chi connectivity index (χ0n) is 9.91. The fourth-order valence-corrected chi connectivity index (χ4v) is 2.54. The Labute approximate surface area is 105 Å². The van der Waals surface area contributed by atoms with Gasteiger partial charge >= 0.3 is 0 Å². The molecular weight excluding hydrogens is 237 g/mol. The van der Waals surface area contributed by atoms with E-state index in [0.717, 1.165) is 19.3 Å². The molecule has 0 N–H and O–H groups in total. The molecule has 0 saturated carbocycles. The molecule has 1 saturated heterocycles. The van der Waals surface area contributed by atoms with E-state index in [9.17, 15) is 9.18 Å². The Kier molecular flexibility index (Phi) is 4.05. The van der Waals surface area contributed by atoms with E-state index < -0.39 is 0 Å². The van der Waals surface area contributed by atoms with Gasteiger partial charge in [-0.25, -0.2) is 4.39 Å². The van der Waals surface area contributed by atoms with Crippen LogP contribution in [-0.4, -0.2) is 18.7 Å². The fraction of sp³-hybridized carbons (Fsp3) is 0.462. The van der Waals surface area contributed by atoms with Crippen LogP contribution in [0.25, 0.3) is 0 Å². The van der Waals surface area contributed by atoms with Crippen LogP contribution in [-0.2, 0) is 4.79 Å². The number of benzene rings is 1. The first-order chi connectivity index (χ1) is 8.22. The number of hydrogen-bond donors (Lipinski definition) is 0. The molecule has 2 nitrogen and oxygen atoms in total. The molecule has 92 valence electrons. The highest BCUT2D eigenvalue weighted by atomic mass is 32.2. The average Bonchev–Trinajstić information content (AvgIpc) is 2.54. The number of carbonyl (C=O) groups excluding carboxylic acids is 1. The predicted molar refractivity (Wildman–Crippen MR) is 69.0 cm³/mol. The summed E-state index contributed by atoms with van der Waals surface area (Å²) in [7, 11) is 0. The van der Waals surface area contributed by atoms with Crippen LogP contribution < -0.4 is 4.90 Å². The fourth-order valence-electron chi connectivity index (χ4n) is 2.08. The van der Waals surface area contributed by atoms with Gasteiger partial charge in [0, 0.05) is 23.5 Å². The van der Waals surface area contributed by atoms with Crippen LogP contribution in [0.5, 0.6) is 0 Å². The summed E-state index contributed by atoms with van der Waals surface area (Å²) in [5.74, 6) is -0.133. The average molecular weight is 253 g/mol. The maximum absolute atomic E-state index is 13.7. The molecular formula is C13H16FNOS. The van der Waals surface area contributed by atoms with Crippen molar-refractivity contribution < 1.29 is 9.18 Å². The number of nitrogens with zero attached hydrogens (tertiary/aromatic N) is 1. The van der Waals surface area contributed by atoms with Crippen molar-refractivity contribution in [2.24, 2.45) is 0 Å². The van der Waals surface area contributed by atoms with E-state index in [1.165, 1.54) is 17.8 Å². The number of carbonyl (C=O) groups is 1. The molecule has 0 bridgehead atoms. The Morgan fingerprint density at radius 1 is 1.29 bits per heavy atom. The summed E-state index contributed by atoms with van der Waals surface area (Å²) in [6.45, 7) is 0.705. The summed E-state index contributed by atoms with van der Waals surface area (Å²) in [6.07, 6.45) is 5.44. The van der Waals surface area contributed by atoms with Gasteiger partial charge in [-0.15, -0.1) is 11.8 Å². The SMILES string of the molecule is CSc1ccc(N2CCCCCC2=O)cc1F. The lowest BCUT2D eigenvalue weighted by Gasteiger charge is -2.21. The Morgan fingerprint density at radius 2 is 2.12 bits per heavy atom. The van der Waals surface area contributed by atoms with Gasteiger partial charge in [-0.2, -0.15) is 0 Å². The van der Waals surface area contributed by atoms with Crippen LogP contribution in [0, 0.1) is 5.82 Å². The zero-order chi connectivity index (χ0) is 12.3. The lowest BCUT2D eigenvalue weighted by molar-refractivity contribution is -0.118. The molecule has 1 aromatic rings. The molecule has 1 amide bonds. The van der Waals surface area contributed by atoms with Gasteiger partial charge in [0.1, 0.15) is 5.82 Å². The first-order valence-corrected chi connectivity index (χ1v) is 7.09. The van der Waals surface area contributed by atoms with E-state index in [1.54, 1.807) is 11.0 Å². The topological polar surface area (TPSA) is 20.3 Å². The summed E-state index contributed by atoms with van der Waals surface area (Å²) in [5.41, 5.74) is 0.687. The molecule has 1 fully saturated rings. The quantitative estimate of drug-likeness (QED) is 0.752. The van der Waals surface area contributed by atoms with Crippen LogP contribution in [0.2, 0.25) is 0 Å². The Morgan fingerprint density at radius 3 is 2.82 bits per heavy atom. The first-order valence-electron chi connectivity index (χ1n) is 5.86. The van der Waals surface area contributed by atoms with Gasteiger partial charge in [0.25, 0.3) is 0 Å². The van der Waals surface area contributed by atoms with Crippen LogP contribution >= 0.6 is 11.8 Å². The molecule has 1 aliphatic heterocycles. The number of hydrogen-bond acceptors (Lipinski definition) is 2. The second kappa shape index (κ2) is 5.54. The van der Waals surface area contributed by atoms with Crippen molar-refractivity contribution in [1.29, 1.82) is 0 Å². The van der Waals surface area contributed by atoms with E-state index in [4.69, 9.17) is 0 Å². The van der Waals surface area contributed by atoms with Gasteiger partial charge in [-0.3, -0.25) is 4.79 Å². The van der Waals surface area contributed by atoms with Crippen molar-refractivity contribution in [2.75, 3.05) is 17.7 Å². The highest BCUT2D eigenvalue weighted by Gasteiger charge is 2.19. The smallest absolute Gasteiger partial charge is 0.226 e. The molecule has 0 unspecified atom stereocenters. The van der Waals surface area contributed by atoms with E-state index >= 15 is 0 Å². The minimum atomic E-state index is -0.243. The number of anilines is 1. The molecule has 0 atom stereocenters. The summed E-state index contributed by atoms with van der Waals surface area (Å²) in [6, 6.07) is 5.04. The highest BCUT2D eigenvalue weighted by molar-refractivity contribution is 7.98. The van der Waals surface area contributed by atoms with Gasteiger partial charge in [-0.05, 0) is 37.3 Å². The molecule has 0 radical (unpaired) electrons. The minimum absolute atomic E-state index is 0.110. The minimum Gasteiger partial charge on any atom is -0.312 e. The van der Waals surface area contributed by atoms with Gasteiger partial charge in [0.15, 0.2) is 0 Å². The molecule has 0 aliphatic carbocycles. The monoisotopic (exact) mass is 253 g/mol. The van der Waals surface area contributed by atoms with Crippen LogP contribution in [0.4, 0.5) is 10.1 Å². The molecule has 4 heteroatoms. The van der Waals surface area contributed by atoms with E-state index in [0.29, 0.717) is 23.5 Å². The normalized spacial score (nSPS) is 17.1. The third kappa shape index (κ3) is 2.80. The van der Waals surface area contributed by atoms with Crippen LogP contribution in [0.1, 0.15) is 25.7 Å². The molecule has 17 heavy (non-hydrogen) atoms. The van der Waals surface area contributed by atoms with Crippen molar-refractivity contribution >= 4 is 23.4 Å². The highest BCUT2D eigenvalue weighted by Crippen LogP contribution is 2.26. The largest absolute Gasteiger partial charge is 0.312 e. The molecule has 0 aromatic heterocycles. The number of amides is 1. The third-order valence-electron chi connectivity index (χ3n) is 3.02. The predicted octanol–water partition coefficient (Wildman–Crippen LogP) is 3.45. The maximum Gasteiger partial charge on any atom is 0.226 e. The van der Waals surface area contributed by atoms with Crippen molar-refractivity contribution in [1.82, 2.24) is 0 Å². The summed E-state index contributed by atoms with van der Waals surface area (Å²) in [5, 5.41) is 0. The third-order valence-corrected chi connectivity index (χ3v) is 3.79. The standard InChI is InChI=1S/C13H16FNOS/c1-17-12-7-6-10(9-11(12)14)15-8-4-2-3-5-13(15)16/h6-7,9H,2-5,8H2,1H3. The van der Waals surface area contributed by atoms with E-state index in [2.05, 4.69) is 0 Å².